The van der Waals surface area contributed by atoms with Crippen molar-refractivity contribution in [3.8, 4) is 0 Å². The van der Waals surface area contributed by atoms with E-state index < -0.39 is 12.0 Å². The first-order chi connectivity index (χ1) is 13.9. The Bertz CT molecular complexity index is 788. The summed E-state index contributed by atoms with van der Waals surface area (Å²) in [6, 6.07) is 4.46. The van der Waals surface area contributed by atoms with Crippen LogP contribution in [0.15, 0.2) is 24.3 Å². The summed E-state index contributed by atoms with van der Waals surface area (Å²) in [7, 11) is 1.31. The molecular weight excluding hydrogens is 483 g/mol. The van der Waals surface area contributed by atoms with Gasteiger partial charge in [-0.3, -0.25) is 9.59 Å². The third kappa shape index (κ3) is 6.73. The molecule has 0 saturated carbocycles. The standard InChI is InChI=1S/C20H23BrCl2N2O4/c1-29-20(28)17(3-2-9-21)25-12-11-24(10-8-19(25)27)18(26)7-5-14-4-6-15(22)16(23)13-14/h4-7,13,17H,2-3,8-12H2,1H3. The lowest BCUT2D eigenvalue weighted by molar-refractivity contribution is -0.152. The molecule has 29 heavy (non-hydrogen) atoms. The Morgan fingerprint density at radius 2 is 2.00 bits per heavy atom. The Morgan fingerprint density at radius 3 is 2.66 bits per heavy atom. The third-order valence-corrected chi connectivity index (χ3v) is 5.96. The molecule has 6 nitrogen and oxygen atoms in total. The lowest BCUT2D eigenvalue weighted by atomic mass is 10.1. The summed E-state index contributed by atoms with van der Waals surface area (Å²) in [4.78, 5) is 40.4. The number of halogens is 3. The molecule has 0 bridgehead atoms. The summed E-state index contributed by atoms with van der Waals surface area (Å²) in [5.74, 6) is -0.793. The van der Waals surface area contributed by atoms with Gasteiger partial charge in [0.15, 0.2) is 0 Å². The van der Waals surface area contributed by atoms with Crippen LogP contribution in [-0.4, -0.2) is 65.7 Å². The molecule has 2 amide bonds. The van der Waals surface area contributed by atoms with E-state index in [1.54, 1.807) is 29.2 Å². The molecule has 0 radical (unpaired) electrons. The molecule has 1 saturated heterocycles. The van der Waals surface area contributed by atoms with Gasteiger partial charge in [0.2, 0.25) is 11.8 Å². The van der Waals surface area contributed by atoms with Crippen molar-refractivity contribution in [3.63, 3.8) is 0 Å². The van der Waals surface area contributed by atoms with E-state index in [-0.39, 0.29) is 24.8 Å². The number of esters is 1. The van der Waals surface area contributed by atoms with Gasteiger partial charge in [-0.05, 0) is 36.6 Å². The maximum Gasteiger partial charge on any atom is 0.328 e. The van der Waals surface area contributed by atoms with Crippen LogP contribution in [0.25, 0.3) is 6.08 Å². The number of alkyl halides is 1. The lowest BCUT2D eigenvalue weighted by Crippen LogP contribution is -2.46. The number of hydrogen-bond acceptors (Lipinski definition) is 4. The quantitative estimate of drug-likeness (QED) is 0.321. The summed E-state index contributed by atoms with van der Waals surface area (Å²) in [6.07, 6.45) is 4.51. The number of carbonyl (C=O) groups is 3. The highest BCUT2D eigenvalue weighted by molar-refractivity contribution is 9.09. The number of methoxy groups -OCH3 is 1. The second-order valence-electron chi connectivity index (χ2n) is 6.54. The van der Waals surface area contributed by atoms with Gasteiger partial charge in [0, 0.05) is 37.5 Å². The van der Waals surface area contributed by atoms with E-state index in [0.29, 0.717) is 29.6 Å². The van der Waals surface area contributed by atoms with Gasteiger partial charge in [-0.1, -0.05) is 45.2 Å². The number of amides is 2. The van der Waals surface area contributed by atoms with E-state index in [4.69, 9.17) is 27.9 Å². The number of hydrogen-bond donors (Lipinski definition) is 0. The minimum atomic E-state index is -0.633. The molecule has 0 N–H and O–H groups in total. The van der Waals surface area contributed by atoms with E-state index in [2.05, 4.69) is 15.9 Å². The largest absolute Gasteiger partial charge is 0.467 e. The van der Waals surface area contributed by atoms with Crippen molar-refractivity contribution in [1.29, 1.82) is 0 Å². The van der Waals surface area contributed by atoms with Gasteiger partial charge in [0.1, 0.15) is 6.04 Å². The van der Waals surface area contributed by atoms with Gasteiger partial charge in [-0.25, -0.2) is 4.79 Å². The molecule has 0 aromatic heterocycles. The van der Waals surface area contributed by atoms with E-state index in [0.717, 1.165) is 17.3 Å². The average Bonchev–Trinajstić information content (AvgIpc) is 2.90. The molecule has 1 aromatic rings. The van der Waals surface area contributed by atoms with Gasteiger partial charge in [-0.2, -0.15) is 0 Å². The molecule has 1 atom stereocenters. The molecule has 1 aliphatic rings. The zero-order chi connectivity index (χ0) is 21.4. The molecule has 9 heteroatoms. The number of benzene rings is 1. The van der Waals surface area contributed by atoms with E-state index in [1.165, 1.54) is 18.1 Å². The van der Waals surface area contributed by atoms with Crippen LogP contribution in [0.5, 0.6) is 0 Å². The van der Waals surface area contributed by atoms with Crippen LogP contribution in [0, 0.1) is 0 Å². The summed E-state index contributed by atoms with van der Waals surface area (Å²) in [6.45, 7) is 0.928. The van der Waals surface area contributed by atoms with Gasteiger partial charge in [-0.15, -0.1) is 0 Å². The van der Waals surface area contributed by atoms with Crippen molar-refractivity contribution in [2.75, 3.05) is 32.1 Å². The number of rotatable bonds is 7. The van der Waals surface area contributed by atoms with Crippen LogP contribution in [0.1, 0.15) is 24.8 Å². The van der Waals surface area contributed by atoms with Crippen LogP contribution < -0.4 is 0 Å². The van der Waals surface area contributed by atoms with Gasteiger partial charge in [0.25, 0.3) is 0 Å². The third-order valence-electron chi connectivity index (χ3n) is 4.66. The van der Waals surface area contributed by atoms with Crippen LogP contribution in [0.3, 0.4) is 0 Å². The van der Waals surface area contributed by atoms with Gasteiger partial charge in [0.05, 0.1) is 17.2 Å². The fourth-order valence-corrected chi connectivity index (χ4v) is 3.72. The van der Waals surface area contributed by atoms with Crippen molar-refractivity contribution >= 4 is 63.0 Å². The molecule has 1 unspecified atom stereocenters. The molecule has 158 valence electrons. The second kappa shape index (κ2) is 11.6. The summed E-state index contributed by atoms with van der Waals surface area (Å²) in [5.41, 5.74) is 0.751. The highest BCUT2D eigenvalue weighted by atomic mass is 79.9. The van der Waals surface area contributed by atoms with Crippen LogP contribution >= 0.6 is 39.1 Å². The van der Waals surface area contributed by atoms with E-state index in [9.17, 15) is 14.4 Å². The van der Waals surface area contributed by atoms with E-state index >= 15 is 0 Å². The molecule has 1 fully saturated rings. The van der Waals surface area contributed by atoms with Crippen LogP contribution in [-0.2, 0) is 19.1 Å². The van der Waals surface area contributed by atoms with Crippen molar-refractivity contribution in [2.45, 2.75) is 25.3 Å². The highest BCUT2D eigenvalue weighted by Gasteiger charge is 2.32. The number of ether oxygens (including phenoxy) is 1. The first kappa shape index (κ1) is 23.7. The minimum absolute atomic E-state index is 0.154. The predicted molar refractivity (Wildman–Crippen MR) is 117 cm³/mol. The maximum atomic E-state index is 12.6. The van der Waals surface area contributed by atoms with Crippen molar-refractivity contribution < 1.29 is 19.1 Å². The maximum absolute atomic E-state index is 12.6. The van der Waals surface area contributed by atoms with Crippen molar-refractivity contribution in [3.05, 3.63) is 39.9 Å². The fraction of sp³-hybridized carbons (Fsp3) is 0.450. The minimum Gasteiger partial charge on any atom is -0.467 e. The summed E-state index contributed by atoms with van der Waals surface area (Å²) in [5, 5.41) is 1.59. The zero-order valence-electron chi connectivity index (χ0n) is 16.1. The smallest absolute Gasteiger partial charge is 0.328 e. The molecule has 2 rings (SSSR count). The Labute approximate surface area is 188 Å². The lowest BCUT2D eigenvalue weighted by Gasteiger charge is -2.28. The van der Waals surface area contributed by atoms with Crippen LogP contribution in [0.2, 0.25) is 10.0 Å². The summed E-state index contributed by atoms with van der Waals surface area (Å²) < 4.78 is 4.87. The predicted octanol–water partition coefficient (Wildman–Crippen LogP) is 3.78. The Kier molecular flexibility index (Phi) is 9.46. The van der Waals surface area contributed by atoms with Crippen molar-refractivity contribution in [2.24, 2.45) is 0 Å². The van der Waals surface area contributed by atoms with Gasteiger partial charge < -0.3 is 14.5 Å². The fourth-order valence-electron chi connectivity index (χ4n) is 3.09. The summed E-state index contributed by atoms with van der Waals surface area (Å²) >= 11 is 15.2. The topological polar surface area (TPSA) is 66.9 Å². The number of nitrogens with zero attached hydrogens (tertiary/aromatic N) is 2. The first-order valence-electron chi connectivity index (χ1n) is 9.22. The SMILES string of the molecule is COC(=O)C(CCCBr)N1CCN(C(=O)C=Cc2ccc(Cl)c(Cl)c2)CCC1=O. The monoisotopic (exact) mass is 504 g/mol. The average molecular weight is 506 g/mol. The molecule has 1 aromatic carbocycles. The second-order valence-corrected chi connectivity index (χ2v) is 8.15. The molecular formula is C20H23BrCl2N2O4. The highest BCUT2D eigenvalue weighted by Crippen LogP contribution is 2.23. The molecule has 0 aliphatic carbocycles. The first-order valence-corrected chi connectivity index (χ1v) is 11.1. The molecule has 0 spiro atoms. The zero-order valence-corrected chi connectivity index (χ0v) is 19.2. The Morgan fingerprint density at radius 1 is 1.24 bits per heavy atom. The normalized spacial score (nSPS) is 16.1. The number of carbonyl (C=O) groups excluding carboxylic acids is 3. The van der Waals surface area contributed by atoms with E-state index in [1.807, 2.05) is 0 Å². The van der Waals surface area contributed by atoms with Crippen molar-refractivity contribution in [1.82, 2.24) is 9.80 Å². The van der Waals surface area contributed by atoms with Crippen LogP contribution in [0.4, 0.5) is 0 Å². The molecule has 1 heterocycles. The Hall–Kier alpha value is -1.57. The molecule has 1 aliphatic heterocycles. The van der Waals surface area contributed by atoms with Gasteiger partial charge >= 0.3 is 5.97 Å². The Balaban J connectivity index is 2.05.